The third kappa shape index (κ3) is 1.76. The van der Waals surface area contributed by atoms with Crippen molar-refractivity contribution in [1.29, 1.82) is 0 Å². The average Bonchev–Trinajstić information content (AvgIpc) is 3.04. The van der Waals surface area contributed by atoms with E-state index in [2.05, 4.69) is 10.1 Å². The molecule has 0 amide bonds. The van der Waals surface area contributed by atoms with Crippen molar-refractivity contribution in [3.8, 4) is 5.69 Å². The maximum Gasteiger partial charge on any atom is 0.295 e. The summed E-state index contributed by atoms with van der Waals surface area (Å²) in [6, 6.07) is 4.99. The van der Waals surface area contributed by atoms with Crippen LogP contribution in [0.1, 0.15) is 11.7 Å². The topological polar surface area (TPSA) is 86.4 Å². The summed E-state index contributed by atoms with van der Waals surface area (Å²) in [5.74, 6) is 0. The molecule has 0 bridgehead atoms. The van der Waals surface area contributed by atoms with Crippen LogP contribution < -0.4 is 0 Å². The summed E-state index contributed by atoms with van der Waals surface area (Å²) in [5.41, 5.74) is 1.22. The first-order chi connectivity index (χ1) is 8.25. The van der Waals surface area contributed by atoms with Gasteiger partial charge in [-0.3, -0.25) is 10.1 Å². The highest BCUT2D eigenvalue weighted by molar-refractivity contribution is 5.54. The first-order valence-corrected chi connectivity index (χ1v) is 5.00. The molecule has 1 fully saturated rings. The molecule has 2 aromatic rings. The normalized spacial score (nSPS) is 18.0. The zero-order chi connectivity index (χ0) is 11.8. The quantitative estimate of drug-likeness (QED) is 0.451. The summed E-state index contributed by atoms with van der Waals surface area (Å²) in [6.07, 6.45) is 2.76. The standard InChI is InChI=1S/C10H8N4O3/c15-14(16)9-3-7(10-4-17-10)1-2-8(9)13-6-11-5-12-13/h1-3,5-6,10H,4H2. The highest BCUT2D eigenvalue weighted by atomic mass is 16.6. The Hall–Kier alpha value is -2.28. The second-order valence-electron chi connectivity index (χ2n) is 3.67. The summed E-state index contributed by atoms with van der Waals surface area (Å²) in [6.45, 7) is 0.625. The molecule has 1 saturated heterocycles. The van der Waals surface area contributed by atoms with Gasteiger partial charge in [0.15, 0.2) is 0 Å². The van der Waals surface area contributed by atoms with Gasteiger partial charge in [0.2, 0.25) is 0 Å². The molecule has 0 N–H and O–H groups in total. The lowest BCUT2D eigenvalue weighted by Gasteiger charge is -2.03. The van der Waals surface area contributed by atoms with Crippen molar-refractivity contribution in [2.24, 2.45) is 0 Å². The zero-order valence-electron chi connectivity index (χ0n) is 8.68. The molecule has 1 aliphatic heterocycles. The molecule has 7 heteroatoms. The Labute approximate surface area is 95.8 Å². The molecule has 1 aliphatic rings. The van der Waals surface area contributed by atoms with E-state index in [9.17, 15) is 10.1 Å². The summed E-state index contributed by atoms with van der Waals surface area (Å²) in [4.78, 5) is 14.4. The Balaban J connectivity index is 2.11. The average molecular weight is 232 g/mol. The first-order valence-electron chi connectivity index (χ1n) is 5.00. The first kappa shape index (κ1) is 9.91. The number of nitro groups is 1. The van der Waals surface area contributed by atoms with Crippen LogP contribution >= 0.6 is 0 Å². The minimum absolute atomic E-state index is 0.00139. The second kappa shape index (κ2) is 3.63. The monoisotopic (exact) mass is 232 g/mol. The van der Waals surface area contributed by atoms with Crippen LogP contribution in [-0.4, -0.2) is 26.3 Å². The number of nitro benzene ring substituents is 1. The number of benzene rings is 1. The molecule has 3 rings (SSSR count). The molecule has 7 nitrogen and oxygen atoms in total. The molecule has 1 atom stereocenters. The largest absolute Gasteiger partial charge is 0.368 e. The second-order valence-corrected chi connectivity index (χ2v) is 3.67. The van der Waals surface area contributed by atoms with Gasteiger partial charge in [0, 0.05) is 6.07 Å². The fourth-order valence-electron chi connectivity index (χ4n) is 1.65. The van der Waals surface area contributed by atoms with Crippen LogP contribution in [-0.2, 0) is 4.74 Å². The highest BCUT2D eigenvalue weighted by Crippen LogP contribution is 2.34. The molecule has 17 heavy (non-hydrogen) atoms. The van der Waals surface area contributed by atoms with Crippen molar-refractivity contribution < 1.29 is 9.66 Å². The fourth-order valence-corrected chi connectivity index (χ4v) is 1.65. The molecule has 1 aromatic carbocycles. The minimum atomic E-state index is -0.428. The molecule has 1 aromatic heterocycles. The van der Waals surface area contributed by atoms with E-state index in [-0.39, 0.29) is 11.8 Å². The van der Waals surface area contributed by atoms with E-state index in [1.807, 2.05) is 6.07 Å². The van der Waals surface area contributed by atoms with E-state index >= 15 is 0 Å². The van der Waals surface area contributed by atoms with Crippen LogP contribution in [0.2, 0.25) is 0 Å². The molecule has 0 saturated carbocycles. The Morgan fingerprint density at radius 2 is 2.35 bits per heavy atom. The number of hydrogen-bond donors (Lipinski definition) is 0. The van der Waals surface area contributed by atoms with Gasteiger partial charge in [0.25, 0.3) is 5.69 Å². The van der Waals surface area contributed by atoms with Crippen LogP contribution in [0, 0.1) is 10.1 Å². The van der Waals surface area contributed by atoms with Crippen LogP contribution in [0.15, 0.2) is 30.9 Å². The highest BCUT2D eigenvalue weighted by Gasteiger charge is 2.28. The molecule has 0 radical (unpaired) electrons. The number of rotatable bonds is 3. The van der Waals surface area contributed by atoms with Crippen LogP contribution in [0.5, 0.6) is 0 Å². The maximum atomic E-state index is 11.0. The number of ether oxygens (including phenoxy) is 1. The van der Waals surface area contributed by atoms with Gasteiger partial charge in [-0.1, -0.05) is 6.07 Å². The summed E-state index contributed by atoms with van der Waals surface area (Å²) >= 11 is 0. The summed E-state index contributed by atoms with van der Waals surface area (Å²) in [5, 5.41) is 14.9. The van der Waals surface area contributed by atoms with E-state index in [1.165, 1.54) is 23.4 Å². The molecule has 0 aliphatic carbocycles. The minimum Gasteiger partial charge on any atom is -0.368 e. The Morgan fingerprint density at radius 3 is 2.94 bits per heavy atom. The molecule has 86 valence electrons. The predicted molar refractivity (Wildman–Crippen MR) is 56.7 cm³/mol. The molecule has 0 spiro atoms. The van der Waals surface area contributed by atoms with Gasteiger partial charge in [0.1, 0.15) is 24.4 Å². The van der Waals surface area contributed by atoms with Gasteiger partial charge in [-0.25, -0.2) is 9.67 Å². The molecule has 2 heterocycles. The van der Waals surface area contributed by atoms with E-state index < -0.39 is 4.92 Å². The van der Waals surface area contributed by atoms with Crippen molar-refractivity contribution in [1.82, 2.24) is 14.8 Å². The van der Waals surface area contributed by atoms with E-state index in [4.69, 9.17) is 4.74 Å². The smallest absolute Gasteiger partial charge is 0.295 e. The van der Waals surface area contributed by atoms with Crippen molar-refractivity contribution >= 4 is 5.69 Å². The Morgan fingerprint density at radius 1 is 1.53 bits per heavy atom. The van der Waals surface area contributed by atoms with Gasteiger partial charge in [-0.15, -0.1) is 0 Å². The predicted octanol–water partition coefficient (Wildman–Crippen LogP) is 1.25. The lowest BCUT2D eigenvalue weighted by Crippen LogP contribution is -2.01. The lowest BCUT2D eigenvalue weighted by molar-refractivity contribution is -0.384. The zero-order valence-corrected chi connectivity index (χ0v) is 8.68. The molecular weight excluding hydrogens is 224 g/mol. The van der Waals surface area contributed by atoms with E-state index in [1.54, 1.807) is 6.07 Å². The van der Waals surface area contributed by atoms with Crippen molar-refractivity contribution in [2.75, 3.05) is 6.61 Å². The SMILES string of the molecule is O=[N+]([O-])c1cc(C2CO2)ccc1-n1cncn1. The van der Waals surface area contributed by atoms with Gasteiger partial charge in [-0.05, 0) is 11.6 Å². The van der Waals surface area contributed by atoms with Gasteiger partial charge in [0.05, 0.1) is 11.5 Å². The fraction of sp³-hybridized carbons (Fsp3) is 0.200. The van der Waals surface area contributed by atoms with Gasteiger partial charge >= 0.3 is 0 Å². The Kier molecular flexibility index (Phi) is 2.12. The van der Waals surface area contributed by atoms with Crippen molar-refractivity contribution in [2.45, 2.75) is 6.10 Å². The van der Waals surface area contributed by atoms with Crippen LogP contribution in [0.4, 0.5) is 5.69 Å². The summed E-state index contributed by atoms with van der Waals surface area (Å²) in [7, 11) is 0. The van der Waals surface area contributed by atoms with E-state index in [0.717, 1.165) is 5.56 Å². The van der Waals surface area contributed by atoms with Crippen LogP contribution in [0.25, 0.3) is 5.69 Å². The third-order valence-corrected chi connectivity index (χ3v) is 2.57. The Bertz CT molecular complexity index is 563. The number of nitrogens with zero attached hydrogens (tertiary/aromatic N) is 4. The van der Waals surface area contributed by atoms with Gasteiger partial charge < -0.3 is 4.74 Å². The number of hydrogen-bond acceptors (Lipinski definition) is 5. The number of epoxide rings is 1. The third-order valence-electron chi connectivity index (χ3n) is 2.57. The summed E-state index contributed by atoms with van der Waals surface area (Å²) < 4.78 is 6.47. The molecular formula is C10H8N4O3. The maximum absolute atomic E-state index is 11.0. The lowest BCUT2D eigenvalue weighted by atomic mass is 10.1. The van der Waals surface area contributed by atoms with Gasteiger partial charge in [-0.2, -0.15) is 5.10 Å². The number of aromatic nitrogens is 3. The van der Waals surface area contributed by atoms with Crippen LogP contribution in [0.3, 0.4) is 0 Å². The van der Waals surface area contributed by atoms with E-state index in [0.29, 0.717) is 12.3 Å². The molecule has 1 unspecified atom stereocenters. The van der Waals surface area contributed by atoms with Crippen molar-refractivity contribution in [3.05, 3.63) is 46.5 Å². The van der Waals surface area contributed by atoms with Crippen molar-refractivity contribution in [3.63, 3.8) is 0 Å².